The Kier molecular flexibility index (Phi) is 6.41. The van der Waals surface area contributed by atoms with Crippen LogP contribution in [-0.2, 0) is 9.84 Å². The lowest BCUT2D eigenvalue weighted by Gasteiger charge is -2.14. The van der Waals surface area contributed by atoms with E-state index in [1.165, 1.54) is 6.07 Å². The highest BCUT2D eigenvalue weighted by Gasteiger charge is 2.30. The second-order valence-corrected chi connectivity index (χ2v) is 9.89. The Morgan fingerprint density at radius 1 is 1.03 bits per heavy atom. The number of sulfone groups is 1. The Labute approximate surface area is 187 Å². The van der Waals surface area contributed by atoms with E-state index in [2.05, 4.69) is 15.6 Å². The summed E-state index contributed by atoms with van der Waals surface area (Å²) in [5.74, 6) is 0.587. The molecule has 1 amide bonds. The number of carbonyl (C=O) groups excluding carboxylic acids is 1. The third-order valence-electron chi connectivity index (χ3n) is 5.57. The van der Waals surface area contributed by atoms with Gasteiger partial charge in [0.2, 0.25) is 0 Å². The number of methoxy groups -OCH3 is 1. The minimum Gasteiger partial charge on any atom is -0.495 e. The Morgan fingerprint density at radius 3 is 2.59 bits per heavy atom. The summed E-state index contributed by atoms with van der Waals surface area (Å²) in [5, 5.41) is 5.60. The van der Waals surface area contributed by atoms with Crippen LogP contribution >= 0.6 is 0 Å². The topological polar surface area (TPSA) is 97.4 Å². The summed E-state index contributed by atoms with van der Waals surface area (Å²) >= 11 is 0. The van der Waals surface area contributed by atoms with E-state index in [1.807, 2.05) is 18.2 Å². The highest BCUT2D eigenvalue weighted by Crippen LogP contribution is 2.31. The van der Waals surface area contributed by atoms with Crippen LogP contribution in [0.1, 0.15) is 36.0 Å². The van der Waals surface area contributed by atoms with Crippen molar-refractivity contribution in [3.05, 3.63) is 72.4 Å². The molecule has 1 fully saturated rings. The summed E-state index contributed by atoms with van der Waals surface area (Å²) in [6.07, 6.45) is 4.83. The Morgan fingerprint density at radius 2 is 1.81 bits per heavy atom. The van der Waals surface area contributed by atoms with Gasteiger partial charge in [-0.05, 0) is 55.3 Å². The van der Waals surface area contributed by atoms with Crippen molar-refractivity contribution >= 4 is 32.9 Å². The fraction of sp³-hybridized carbons (Fsp3) is 0.250. The largest absolute Gasteiger partial charge is 0.495 e. The van der Waals surface area contributed by atoms with Crippen molar-refractivity contribution in [3.8, 4) is 5.75 Å². The van der Waals surface area contributed by atoms with Crippen molar-refractivity contribution in [2.75, 3.05) is 17.7 Å². The summed E-state index contributed by atoms with van der Waals surface area (Å²) < 4.78 is 31.2. The van der Waals surface area contributed by atoms with Crippen LogP contribution < -0.4 is 15.4 Å². The molecule has 0 atom stereocenters. The van der Waals surface area contributed by atoms with E-state index < -0.39 is 15.7 Å². The van der Waals surface area contributed by atoms with Crippen molar-refractivity contribution in [2.24, 2.45) is 0 Å². The first-order valence-electron chi connectivity index (χ1n) is 10.5. The second kappa shape index (κ2) is 9.40. The Balaban J connectivity index is 1.56. The predicted octanol–water partition coefficient (Wildman–Crippen LogP) is 4.80. The number of carbonyl (C=O) groups is 1. The summed E-state index contributed by atoms with van der Waals surface area (Å²) in [5.41, 5.74) is 1.41. The smallest absolute Gasteiger partial charge is 0.259 e. The van der Waals surface area contributed by atoms with Gasteiger partial charge in [-0.3, -0.25) is 4.79 Å². The first-order valence-corrected chi connectivity index (χ1v) is 12.0. The third-order valence-corrected chi connectivity index (χ3v) is 7.83. The molecule has 1 aromatic heterocycles. The van der Waals surface area contributed by atoms with Crippen LogP contribution in [0.5, 0.6) is 5.75 Å². The van der Waals surface area contributed by atoms with E-state index in [0.717, 1.165) is 12.8 Å². The molecule has 0 saturated heterocycles. The molecule has 1 aliphatic carbocycles. The number of hydrogen-bond acceptors (Lipinski definition) is 6. The Hall–Kier alpha value is -3.39. The lowest BCUT2D eigenvalue weighted by molar-refractivity contribution is 0.102. The van der Waals surface area contributed by atoms with Gasteiger partial charge < -0.3 is 15.4 Å². The third kappa shape index (κ3) is 4.60. The maximum atomic E-state index is 13.0. The summed E-state index contributed by atoms with van der Waals surface area (Å²) in [4.78, 5) is 17.6. The highest BCUT2D eigenvalue weighted by atomic mass is 32.2. The highest BCUT2D eigenvalue weighted by molar-refractivity contribution is 7.92. The minimum absolute atomic E-state index is 0.237. The molecule has 0 radical (unpaired) electrons. The fourth-order valence-corrected chi connectivity index (χ4v) is 5.80. The molecule has 32 heavy (non-hydrogen) atoms. The number of nitrogens with zero attached hydrogens (tertiary/aromatic N) is 1. The van der Waals surface area contributed by atoms with Crippen molar-refractivity contribution in [2.45, 2.75) is 35.8 Å². The average molecular weight is 452 g/mol. The van der Waals surface area contributed by atoms with Gasteiger partial charge in [0.25, 0.3) is 5.91 Å². The number of hydrogen-bond donors (Lipinski definition) is 2. The van der Waals surface area contributed by atoms with E-state index in [-0.39, 0.29) is 10.1 Å². The molecule has 166 valence electrons. The van der Waals surface area contributed by atoms with E-state index >= 15 is 0 Å². The van der Waals surface area contributed by atoms with Crippen LogP contribution in [0.3, 0.4) is 0 Å². The summed E-state index contributed by atoms with van der Waals surface area (Å²) in [7, 11) is -1.84. The van der Waals surface area contributed by atoms with Gasteiger partial charge in [0.1, 0.15) is 11.6 Å². The van der Waals surface area contributed by atoms with E-state index in [1.54, 1.807) is 49.7 Å². The van der Waals surface area contributed by atoms with Gasteiger partial charge in [0, 0.05) is 11.9 Å². The number of benzene rings is 2. The van der Waals surface area contributed by atoms with Gasteiger partial charge in [-0.15, -0.1) is 0 Å². The van der Waals surface area contributed by atoms with Crippen molar-refractivity contribution in [3.63, 3.8) is 0 Å². The number of nitrogens with one attached hydrogen (secondary N) is 2. The molecule has 1 aliphatic rings. The molecule has 8 heteroatoms. The lowest BCUT2D eigenvalue weighted by atomic mass is 10.2. The maximum Gasteiger partial charge on any atom is 0.259 e. The van der Waals surface area contributed by atoms with Crippen molar-refractivity contribution < 1.29 is 17.9 Å². The maximum absolute atomic E-state index is 13.0. The van der Waals surface area contributed by atoms with Crippen LogP contribution in [0.2, 0.25) is 0 Å². The lowest BCUT2D eigenvalue weighted by Crippen LogP contribution is -2.18. The van der Waals surface area contributed by atoms with Crippen LogP contribution in [0.15, 0.2) is 71.8 Å². The molecular formula is C24H25N3O4S. The monoisotopic (exact) mass is 451 g/mol. The molecule has 0 aliphatic heterocycles. The zero-order valence-electron chi connectivity index (χ0n) is 17.7. The minimum atomic E-state index is -3.41. The van der Waals surface area contributed by atoms with E-state index in [9.17, 15) is 13.2 Å². The second-order valence-electron chi connectivity index (χ2n) is 7.66. The number of amides is 1. The molecule has 1 heterocycles. The van der Waals surface area contributed by atoms with E-state index in [4.69, 9.17) is 4.74 Å². The molecule has 7 nitrogen and oxygen atoms in total. The van der Waals surface area contributed by atoms with Crippen LogP contribution in [0.4, 0.5) is 17.2 Å². The molecular weight excluding hydrogens is 426 g/mol. The number of ether oxygens (including phenoxy) is 1. The number of para-hydroxylation sites is 2. The van der Waals surface area contributed by atoms with Gasteiger partial charge in [0.15, 0.2) is 9.84 Å². The van der Waals surface area contributed by atoms with Gasteiger partial charge in [-0.2, -0.15) is 0 Å². The number of anilines is 3. The van der Waals surface area contributed by atoms with Gasteiger partial charge in [-0.25, -0.2) is 13.4 Å². The molecule has 3 aromatic rings. The number of aromatic nitrogens is 1. The van der Waals surface area contributed by atoms with Crippen molar-refractivity contribution in [1.82, 2.24) is 4.98 Å². The van der Waals surface area contributed by atoms with E-state index in [0.29, 0.717) is 41.3 Å². The Bertz CT molecular complexity index is 1220. The number of rotatable bonds is 7. The molecule has 0 spiro atoms. The summed E-state index contributed by atoms with van der Waals surface area (Å²) in [6, 6.07) is 17.1. The van der Waals surface area contributed by atoms with Crippen LogP contribution in [0.25, 0.3) is 0 Å². The predicted molar refractivity (Wildman–Crippen MR) is 124 cm³/mol. The SMILES string of the molecule is COc1ccccc1Nc1ncccc1C(=O)Nc1cccc(S(=O)(=O)C2CCCC2)c1. The first kappa shape index (κ1) is 21.8. The van der Waals surface area contributed by atoms with Crippen LogP contribution in [-0.4, -0.2) is 31.7 Å². The molecule has 2 N–H and O–H groups in total. The van der Waals surface area contributed by atoms with Gasteiger partial charge in [0.05, 0.1) is 28.5 Å². The summed E-state index contributed by atoms with van der Waals surface area (Å²) in [6.45, 7) is 0. The molecule has 0 bridgehead atoms. The zero-order chi connectivity index (χ0) is 22.6. The molecule has 4 rings (SSSR count). The average Bonchev–Trinajstić information content (AvgIpc) is 3.36. The first-order chi connectivity index (χ1) is 15.5. The normalized spacial score (nSPS) is 14.2. The van der Waals surface area contributed by atoms with Gasteiger partial charge in [-0.1, -0.05) is 31.0 Å². The zero-order valence-corrected chi connectivity index (χ0v) is 18.6. The standard InChI is InChI=1S/C24H25N3O4S/c1-31-22-14-5-4-13-21(22)27-23-20(12-7-15-25-23)24(28)26-17-8-6-11-19(16-17)32(29,30)18-9-2-3-10-18/h4-8,11-16,18H,2-3,9-10H2,1H3,(H,25,27)(H,26,28). The van der Waals surface area contributed by atoms with Gasteiger partial charge >= 0.3 is 0 Å². The number of pyridine rings is 1. The van der Waals surface area contributed by atoms with Crippen molar-refractivity contribution in [1.29, 1.82) is 0 Å². The molecule has 1 saturated carbocycles. The fourth-order valence-electron chi connectivity index (χ4n) is 3.90. The molecule has 0 unspecified atom stereocenters. The molecule has 2 aromatic carbocycles. The quantitative estimate of drug-likeness (QED) is 0.535. The van der Waals surface area contributed by atoms with Crippen LogP contribution in [0, 0.1) is 0 Å².